The van der Waals surface area contributed by atoms with Crippen LogP contribution < -0.4 is 0 Å². The molecule has 0 N–H and O–H groups in total. The molecule has 0 radical (unpaired) electrons. The largest absolute Gasteiger partial charge is 0.461 e. The predicted octanol–water partition coefficient (Wildman–Crippen LogP) is 5.97. The molecule has 0 bridgehead atoms. The minimum absolute atomic E-state index is 0.130. The molecule has 0 aliphatic carbocycles. The first-order valence-electron chi connectivity index (χ1n) is 14.3. The van der Waals surface area contributed by atoms with Gasteiger partial charge in [0.05, 0.1) is 5.92 Å². The summed E-state index contributed by atoms with van der Waals surface area (Å²) in [7, 11) is 0. The fourth-order valence-electron chi connectivity index (χ4n) is 4.67. The second-order valence-corrected chi connectivity index (χ2v) is 10.0. The Morgan fingerprint density at radius 3 is 1.02 bits per heavy atom. The number of rotatable bonds is 14. The highest BCUT2D eigenvalue weighted by atomic mass is 16.6. The van der Waals surface area contributed by atoms with Crippen LogP contribution in [0.25, 0.3) is 0 Å². The van der Waals surface area contributed by atoms with Gasteiger partial charge >= 0.3 is 23.9 Å². The third kappa shape index (κ3) is 7.98. The molecule has 8 nitrogen and oxygen atoms in total. The third-order valence-corrected chi connectivity index (χ3v) is 7.04. The lowest BCUT2D eigenvalue weighted by molar-refractivity contribution is -0.196. The summed E-state index contributed by atoms with van der Waals surface area (Å²) in [6, 6.07) is 35.2. The topological polar surface area (TPSA) is 105 Å². The Morgan fingerprint density at radius 1 is 0.477 bits per heavy atom. The van der Waals surface area contributed by atoms with E-state index >= 15 is 0 Å². The smallest absolute Gasteiger partial charge is 0.336 e. The number of hydrogen-bond donors (Lipinski definition) is 0. The summed E-state index contributed by atoms with van der Waals surface area (Å²) < 4.78 is 22.3. The second-order valence-electron chi connectivity index (χ2n) is 10.0. The second kappa shape index (κ2) is 15.8. The van der Waals surface area contributed by atoms with Gasteiger partial charge in [-0.05, 0) is 28.7 Å². The van der Waals surface area contributed by atoms with Gasteiger partial charge in [0.2, 0.25) is 0 Å². The molecule has 1 unspecified atom stereocenters. The van der Waals surface area contributed by atoms with Crippen molar-refractivity contribution in [3.05, 3.63) is 144 Å². The molecule has 0 aliphatic heterocycles. The van der Waals surface area contributed by atoms with Crippen molar-refractivity contribution in [1.82, 2.24) is 0 Å². The first kappa shape index (κ1) is 31.7. The molecule has 0 amide bonds. The zero-order valence-electron chi connectivity index (χ0n) is 24.4. The molecule has 8 heteroatoms. The van der Waals surface area contributed by atoms with Crippen molar-refractivity contribution in [2.45, 2.75) is 39.8 Å². The summed E-state index contributed by atoms with van der Waals surface area (Å²) in [5, 5.41) is 0. The van der Waals surface area contributed by atoms with Crippen molar-refractivity contribution in [3.8, 4) is 0 Å². The number of esters is 4. The van der Waals surface area contributed by atoms with Crippen molar-refractivity contribution in [1.29, 1.82) is 0 Å². The van der Waals surface area contributed by atoms with Gasteiger partial charge in [-0.1, -0.05) is 128 Å². The van der Waals surface area contributed by atoms with Crippen LogP contribution in [0.3, 0.4) is 0 Å². The molecule has 4 rings (SSSR count). The van der Waals surface area contributed by atoms with Crippen LogP contribution in [0.5, 0.6) is 0 Å². The maximum atomic E-state index is 14.1. The Morgan fingerprint density at radius 2 is 0.750 bits per heavy atom. The molecular formula is C36H34O8. The number of benzene rings is 4. The van der Waals surface area contributed by atoms with Crippen molar-refractivity contribution in [2.24, 2.45) is 11.3 Å². The Kier molecular flexibility index (Phi) is 11.4. The third-order valence-electron chi connectivity index (χ3n) is 7.04. The molecular weight excluding hydrogens is 560 g/mol. The zero-order chi connectivity index (χ0) is 31.2. The van der Waals surface area contributed by atoms with Crippen LogP contribution in [0.15, 0.2) is 121 Å². The number of ether oxygens (including phenoxy) is 4. The van der Waals surface area contributed by atoms with E-state index in [9.17, 15) is 19.2 Å². The number of carbonyl (C=O) groups is 4. The summed E-state index contributed by atoms with van der Waals surface area (Å²) >= 11 is 0. The molecule has 0 heterocycles. The average molecular weight is 595 g/mol. The molecule has 1 atom stereocenters. The van der Waals surface area contributed by atoms with Crippen LogP contribution in [0.2, 0.25) is 0 Å². The standard InChI is InChI=1S/C36H34O8/c1-2-31(32(37)41-23-27-15-7-3-8-16-27)36(33(38)42-24-28-17-9-4-10-18-28,34(39)43-25-29-19-11-5-12-20-29)35(40)44-26-30-21-13-6-14-22-30/h3-22,31H,2,23-26H2,1H3. The van der Waals surface area contributed by atoms with E-state index in [1.54, 1.807) is 122 Å². The quantitative estimate of drug-likeness (QED) is 0.0999. The Hall–Kier alpha value is -5.24. The van der Waals surface area contributed by atoms with Crippen molar-refractivity contribution < 1.29 is 38.1 Å². The van der Waals surface area contributed by atoms with Crippen molar-refractivity contribution in [2.75, 3.05) is 0 Å². The number of hydrogen-bond acceptors (Lipinski definition) is 8. The minimum atomic E-state index is -2.80. The van der Waals surface area contributed by atoms with Crippen molar-refractivity contribution >= 4 is 23.9 Å². The van der Waals surface area contributed by atoms with Gasteiger partial charge in [0.25, 0.3) is 5.41 Å². The zero-order valence-corrected chi connectivity index (χ0v) is 24.4. The normalized spacial score (nSPS) is 11.6. The van der Waals surface area contributed by atoms with Crippen LogP contribution in [-0.2, 0) is 64.6 Å². The van der Waals surface area contributed by atoms with Gasteiger partial charge in [-0.3, -0.25) is 19.2 Å². The van der Waals surface area contributed by atoms with E-state index in [0.29, 0.717) is 22.3 Å². The SMILES string of the molecule is CCC(C(=O)OCc1ccccc1)C(C(=O)OCc1ccccc1)(C(=O)OCc1ccccc1)C(=O)OCc1ccccc1. The molecule has 4 aromatic carbocycles. The molecule has 0 aliphatic rings. The highest BCUT2D eigenvalue weighted by molar-refractivity contribution is 6.20. The molecule has 0 saturated carbocycles. The lowest BCUT2D eigenvalue weighted by Crippen LogP contribution is -2.56. The van der Waals surface area contributed by atoms with Gasteiger partial charge in [0.1, 0.15) is 26.4 Å². The van der Waals surface area contributed by atoms with E-state index in [-0.39, 0.29) is 32.8 Å². The summed E-state index contributed by atoms with van der Waals surface area (Å²) in [6.45, 7) is 0.671. The Balaban J connectivity index is 1.71. The van der Waals surface area contributed by atoms with E-state index in [4.69, 9.17) is 18.9 Å². The van der Waals surface area contributed by atoms with Crippen LogP contribution in [0.4, 0.5) is 0 Å². The highest BCUT2D eigenvalue weighted by Gasteiger charge is 2.65. The monoisotopic (exact) mass is 594 g/mol. The van der Waals surface area contributed by atoms with Crippen LogP contribution >= 0.6 is 0 Å². The molecule has 0 spiro atoms. The molecule has 44 heavy (non-hydrogen) atoms. The molecule has 0 aromatic heterocycles. The summed E-state index contributed by atoms with van der Waals surface area (Å²) in [6.07, 6.45) is -0.130. The van der Waals surface area contributed by atoms with Crippen LogP contribution in [-0.4, -0.2) is 23.9 Å². The predicted molar refractivity (Wildman–Crippen MR) is 161 cm³/mol. The van der Waals surface area contributed by atoms with Gasteiger partial charge in [0, 0.05) is 0 Å². The maximum absolute atomic E-state index is 14.1. The van der Waals surface area contributed by atoms with E-state index in [1.165, 1.54) is 0 Å². The van der Waals surface area contributed by atoms with Crippen molar-refractivity contribution in [3.63, 3.8) is 0 Å². The Labute approximate surface area is 256 Å². The Bertz CT molecular complexity index is 1370. The lowest BCUT2D eigenvalue weighted by atomic mass is 9.73. The van der Waals surface area contributed by atoms with Gasteiger partial charge in [-0.2, -0.15) is 0 Å². The van der Waals surface area contributed by atoms with Crippen LogP contribution in [0.1, 0.15) is 35.6 Å². The fraction of sp³-hybridized carbons (Fsp3) is 0.222. The fourth-order valence-corrected chi connectivity index (χ4v) is 4.67. The highest BCUT2D eigenvalue weighted by Crippen LogP contribution is 2.38. The molecule has 4 aromatic rings. The average Bonchev–Trinajstić information content (AvgIpc) is 3.08. The molecule has 226 valence electrons. The van der Waals surface area contributed by atoms with Gasteiger partial charge in [-0.25, -0.2) is 0 Å². The van der Waals surface area contributed by atoms with Gasteiger partial charge < -0.3 is 18.9 Å². The maximum Gasteiger partial charge on any atom is 0.336 e. The summed E-state index contributed by atoms with van der Waals surface area (Å²) in [4.78, 5) is 56.0. The van der Waals surface area contributed by atoms with Crippen LogP contribution in [0, 0.1) is 11.3 Å². The van der Waals surface area contributed by atoms with E-state index in [1.807, 2.05) is 6.07 Å². The minimum Gasteiger partial charge on any atom is -0.461 e. The molecule has 0 fully saturated rings. The summed E-state index contributed by atoms with van der Waals surface area (Å²) in [5.74, 6) is -6.34. The van der Waals surface area contributed by atoms with Gasteiger partial charge in [-0.15, -0.1) is 0 Å². The first-order chi connectivity index (χ1) is 21.4. The molecule has 0 saturated heterocycles. The first-order valence-corrected chi connectivity index (χ1v) is 14.3. The summed E-state index contributed by atoms with van der Waals surface area (Å²) in [5.41, 5.74) is -0.272. The van der Waals surface area contributed by atoms with Gasteiger partial charge in [0.15, 0.2) is 0 Å². The van der Waals surface area contributed by atoms with E-state index in [2.05, 4.69) is 0 Å². The lowest BCUT2D eigenvalue weighted by Gasteiger charge is -2.32. The van der Waals surface area contributed by atoms with E-state index in [0.717, 1.165) is 0 Å². The number of carbonyl (C=O) groups excluding carboxylic acids is 4. The van der Waals surface area contributed by atoms with E-state index < -0.39 is 35.2 Å².